The highest BCUT2D eigenvalue weighted by atomic mass is 16.3. The van der Waals surface area contributed by atoms with Crippen molar-refractivity contribution in [1.29, 1.82) is 0 Å². The van der Waals surface area contributed by atoms with Crippen molar-refractivity contribution >= 4 is 17.9 Å². The number of likely N-dealkylation sites (tertiary alicyclic amines) is 1. The highest BCUT2D eigenvalue weighted by Gasteiger charge is 2.58. The number of hydrogen-bond donors (Lipinski definition) is 2. The number of pyridine rings is 1. The zero-order valence-electron chi connectivity index (χ0n) is 18.0. The van der Waals surface area contributed by atoms with Gasteiger partial charge in [-0.15, -0.1) is 0 Å². The van der Waals surface area contributed by atoms with Crippen LogP contribution in [-0.2, 0) is 16.1 Å². The molecule has 0 aromatic carbocycles. The summed E-state index contributed by atoms with van der Waals surface area (Å²) in [4.78, 5) is 41.5. The van der Waals surface area contributed by atoms with E-state index in [2.05, 4.69) is 5.32 Å². The number of rotatable bonds is 5. The number of allylic oxidation sites excluding steroid dienone is 1. The second-order valence-electron chi connectivity index (χ2n) is 9.54. The second kappa shape index (κ2) is 7.93. The van der Waals surface area contributed by atoms with Gasteiger partial charge in [0.1, 0.15) is 6.04 Å². The molecule has 5 rings (SSSR count). The number of carbonyl (C=O) groups is 2. The quantitative estimate of drug-likeness (QED) is 0.753. The molecule has 166 valence electrons. The van der Waals surface area contributed by atoms with Crippen LogP contribution in [-0.4, -0.2) is 45.1 Å². The van der Waals surface area contributed by atoms with Gasteiger partial charge < -0.3 is 19.9 Å². The molecule has 0 radical (unpaired) electrons. The standard InChI is InChI=1S/C24H31N3O4/c1-2-5-14-10-11-19-20-17(12-26(19)23(14)30)18(13-28)21(27(20)24(31)15-8-9-15)22(29)25-16-6-3-4-7-16/h2,5,10-11,15-18,20-21,28H,3-4,6-9,12-13H2,1H3,(H,25,29)/b5-2-/t17-,18-,20+,21-/m1/s1. The number of aliphatic hydroxyl groups excluding tert-OH is 1. The molecule has 1 aromatic rings. The number of hydrogen-bond acceptors (Lipinski definition) is 4. The van der Waals surface area contributed by atoms with Crippen LogP contribution in [0.1, 0.15) is 62.7 Å². The summed E-state index contributed by atoms with van der Waals surface area (Å²) in [5, 5.41) is 13.5. The zero-order valence-corrected chi connectivity index (χ0v) is 18.0. The van der Waals surface area contributed by atoms with E-state index in [0.717, 1.165) is 44.2 Å². The molecule has 0 bridgehead atoms. The SMILES string of the molecule is C/C=C\c1ccc2n(c1=O)C[C@@H]1[C@@H](CO)[C@H](C(=O)NC3CCCC3)N(C(=O)C3CC3)[C@H]21. The summed E-state index contributed by atoms with van der Waals surface area (Å²) >= 11 is 0. The fourth-order valence-corrected chi connectivity index (χ4v) is 5.95. The van der Waals surface area contributed by atoms with Crippen molar-refractivity contribution in [3.63, 3.8) is 0 Å². The number of aliphatic hydroxyl groups is 1. The van der Waals surface area contributed by atoms with Crippen LogP contribution in [0, 0.1) is 17.8 Å². The van der Waals surface area contributed by atoms with E-state index in [-0.39, 0.29) is 53.8 Å². The molecular weight excluding hydrogens is 394 g/mol. The first-order valence-corrected chi connectivity index (χ1v) is 11.6. The van der Waals surface area contributed by atoms with Gasteiger partial charge in [0.05, 0.1) is 6.04 Å². The maximum atomic E-state index is 13.4. The van der Waals surface area contributed by atoms with Gasteiger partial charge in [0.2, 0.25) is 11.8 Å². The molecule has 3 heterocycles. The fraction of sp³-hybridized carbons (Fsp3) is 0.625. The van der Waals surface area contributed by atoms with E-state index < -0.39 is 6.04 Å². The molecule has 4 atom stereocenters. The number of amides is 2. The van der Waals surface area contributed by atoms with Crippen molar-refractivity contribution in [2.24, 2.45) is 17.8 Å². The van der Waals surface area contributed by atoms with Crippen molar-refractivity contribution in [2.45, 2.75) is 70.1 Å². The maximum absolute atomic E-state index is 13.4. The fourth-order valence-electron chi connectivity index (χ4n) is 5.95. The van der Waals surface area contributed by atoms with Crippen molar-refractivity contribution < 1.29 is 14.7 Å². The van der Waals surface area contributed by atoms with Gasteiger partial charge in [-0.25, -0.2) is 0 Å². The lowest BCUT2D eigenvalue weighted by Crippen LogP contribution is -2.52. The van der Waals surface area contributed by atoms with Crippen LogP contribution in [0.25, 0.3) is 6.08 Å². The van der Waals surface area contributed by atoms with Gasteiger partial charge in [-0.2, -0.15) is 0 Å². The molecule has 4 aliphatic rings. The van der Waals surface area contributed by atoms with E-state index in [1.54, 1.807) is 21.6 Å². The van der Waals surface area contributed by atoms with E-state index in [0.29, 0.717) is 12.1 Å². The summed E-state index contributed by atoms with van der Waals surface area (Å²) < 4.78 is 1.74. The number of fused-ring (bicyclic) bond motifs is 3. The Hall–Kier alpha value is -2.41. The summed E-state index contributed by atoms with van der Waals surface area (Å²) in [5.41, 5.74) is 1.32. The van der Waals surface area contributed by atoms with E-state index >= 15 is 0 Å². The third-order valence-corrected chi connectivity index (χ3v) is 7.60. The van der Waals surface area contributed by atoms with E-state index in [9.17, 15) is 19.5 Å². The lowest BCUT2D eigenvalue weighted by molar-refractivity contribution is -0.143. The number of aromatic nitrogens is 1. The average Bonchev–Trinajstić information content (AvgIpc) is 3.21. The minimum absolute atomic E-state index is 0.00375. The van der Waals surface area contributed by atoms with Crippen LogP contribution in [0.4, 0.5) is 0 Å². The Labute approximate surface area is 182 Å². The molecule has 2 aliphatic carbocycles. The molecular formula is C24H31N3O4. The Kier molecular flexibility index (Phi) is 5.24. The predicted octanol–water partition coefficient (Wildman–Crippen LogP) is 1.84. The number of nitrogens with zero attached hydrogens (tertiary/aromatic N) is 2. The molecule has 7 nitrogen and oxygen atoms in total. The Morgan fingerprint density at radius 2 is 1.94 bits per heavy atom. The molecule has 31 heavy (non-hydrogen) atoms. The van der Waals surface area contributed by atoms with Crippen LogP contribution in [0.3, 0.4) is 0 Å². The first kappa shape index (κ1) is 20.5. The first-order valence-electron chi connectivity index (χ1n) is 11.6. The molecule has 2 saturated carbocycles. The molecule has 2 aliphatic heterocycles. The van der Waals surface area contributed by atoms with Crippen molar-refractivity contribution in [3.8, 4) is 0 Å². The van der Waals surface area contributed by atoms with Crippen LogP contribution >= 0.6 is 0 Å². The molecule has 0 spiro atoms. The summed E-state index contributed by atoms with van der Waals surface area (Å²) in [6.07, 6.45) is 9.48. The zero-order chi connectivity index (χ0) is 21.7. The topological polar surface area (TPSA) is 91.6 Å². The van der Waals surface area contributed by atoms with E-state index in [1.165, 1.54) is 0 Å². The van der Waals surface area contributed by atoms with Gasteiger partial charge in [0.25, 0.3) is 5.56 Å². The van der Waals surface area contributed by atoms with Gasteiger partial charge in [0, 0.05) is 48.2 Å². The lowest BCUT2D eigenvalue weighted by Gasteiger charge is -2.32. The summed E-state index contributed by atoms with van der Waals surface area (Å²) in [5.74, 6) is -0.702. The molecule has 3 fully saturated rings. The Bertz CT molecular complexity index is 974. The third kappa shape index (κ3) is 3.34. The van der Waals surface area contributed by atoms with E-state index in [4.69, 9.17) is 0 Å². The minimum Gasteiger partial charge on any atom is -0.396 e. The summed E-state index contributed by atoms with van der Waals surface area (Å²) in [7, 11) is 0. The predicted molar refractivity (Wildman–Crippen MR) is 116 cm³/mol. The van der Waals surface area contributed by atoms with Crippen LogP contribution in [0.2, 0.25) is 0 Å². The van der Waals surface area contributed by atoms with Gasteiger partial charge in [-0.1, -0.05) is 25.0 Å². The molecule has 2 N–H and O–H groups in total. The molecule has 7 heteroatoms. The van der Waals surface area contributed by atoms with Crippen molar-refractivity contribution in [1.82, 2.24) is 14.8 Å². The highest BCUT2D eigenvalue weighted by molar-refractivity contribution is 5.91. The number of carbonyl (C=O) groups excluding carboxylic acids is 2. The Balaban J connectivity index is 1.54. The average molecular weight is 426 g/mol. The monoisotopic (exact) mass is 425 g/mol. The van der Waals surface area contributed by atoms with Crippen molar-refractivity contribution in [3.05, 3.63) is 39.8 Å². The Morgan fingerprint density at radius 3 is 2.58 bits per heavy atom. The normalized spacial score (nSPS) is 30.1. The largest absolute Gasteiger partial charge is 0.396 e. The summed E-state index contributed by atoms with van der Waals surface area (Å²) in [6, 6.07) is 2.87. The van der Waals surface area contributed by atoms with E-state index in [1.807, 2.05) is 19.1 Å². The maximum Gasteiger partial charge on any atom is 0.258 e. The molecule has 2 amide bonds. The summed E-state index contributed by atoms with van der Waals surface area (Å²) in [6.45, 7) is 2.12. The van der Waals surface area contributed by atoms with Gasteiger partial charge >= 0.3 is 0 Å². The Morgan fingerprint density at radius 1 is 1.19 bits per heavy atom. The smallest absolute Gasteiger partial charge is 0.258 e. The van der Waals surface area contributed by atoms with Crippen LogP contribution < -0.4 is 10.9 Å². The van der Waals surface area contributed by atoms with Gasteiger partial charge in [0.15, 0.2) is 0 Å². The highest BCUT2D eigenvalue weighted by Crippen LogP contribution is 2.51. The van der Waals surface area contributed by atoms with Crippen LogP contribution in [0.5, 0.6) is 0 Å². The second-order valence-corrected chi connectivity index (χ2v) is 9.54. The molecule has 1 saturated heterocycles. The van der Waals surface area contributed by atoms with Crippen molar-refractivity contribution in [2.75, 3.05) is 6.61 Å². The number of nitrogens with one attached hydrogen (secondary N) is 1. The minimum atomic E-state index is -0.673. The lowest BCUT2D eigenvalue weighted by atomic mass is 9.88. The third-order valence-electron chi connectivity index (χ3n) is 7.60. The molecule has 0 unspecified atom stereocenters. The van der Waals surface area contributed by atoms with Gasteiger partial charge in [-0.3, -0.25) is 14.4 Å². The molecule has 1 aromatic heterocycles. The van der Waals surface area contributed by atoms with Gasteiger partial charge in [-0.05, 0) is 44.7 Å². The van der Waals surface area contributed by atoms with Crippen LogP contribution in [0.15, 0.2) is 23.0 Å². The first-order chi connectivity index (χ1) is 15.0.